The van der Waals surface area contributed by atoms with E-state index < -0.39 is 0 Å². The first-order valence-electron chi connectivity index (χ1n) is 6.07. The lowest BCUT2D eigenvalue weighted by Crippen LogP contribution is -2.29. The van der Waals surface area contributed by atoms with E-state index in [9.17, 15) is 0 Å². The highest BCUT2D eigenvalue weighted by Gasteiger charge is 1.98. The molecule has 0 amide bonds. The smallest absolute Gasteiger partial charge is 0.119 e. The number of nitrogens with one attached hydrogen (secondary N) is 1. The average molecular weight is 221 g/mol. The van der Waals surface area contributed by atoms with Crippen molar-refractivity contribution in [3.8, 4) is 5.75 Å². The highest BCUT2D eigenvalue weighted by atomic mass is 16.5. The Hall–Kier alpha value is -1.02. The van der Waals surface area contributed by atoms with Gasteiger partial charge in [-0.15, -0.1) is 0 Å². The van der Waals surface area contributed by atoms with Gasteiger partial charge in [0.15, 0.2) is 0 Å². The van der Waals surface area contributed by atoms with Crippen LogP contribution in [0.2, 0.25) is 0 Å². The van der Waals surface area contributed by atoms with E-state index in [-0.39, 0.29) is 0 Å². The summed E-state index contributed by atoms with van der Waals surface area (Å²) in [5.41, 5.74) is 2.59. The van der Waals surface area contributed by atoms with Crippen LogP contribution in [0.5, 0.6) is 5.75 Å². The number of hydrogen-bond acceptors (Lipinski definition) is 2. The fraction of sp³-hybridized carbons (Fsp3) is 0.571. The molecule has 2 nitrogen and oxygen atoms in total. The molecule has 0 radical (unpaired) electrons. The van der Waals surface area contributed by atoms with Crippen LogP contribution in [0.4, 0.5) is 0 Å². The van der Waals surface area contributed by atoms with Crippen molar-refractivity contribution in [3.05, 3.63) is 29.3 Å². The molecule has 1 rings (SSSR count). The van der Waals surface area contributed by atoms with Crippen molar-refractivity contribution in [3.63, 3.8) is 0 Å². The Labute approximate surface area is 99.0 Å². The second-order valence-corrected chi connectivity index (χ2v) is 4.36. The normalized spacial score (nSPS) is 12.5. The number of rotatable bonds is 6. The van der Waals surface area contributed by atoms with Gasteiger partial charge in [-0.2, -0.15) is 0 Å². The van der Waals surface area contributed by atoms with Crippen LogP contribution in [0, 0.1) is 13.8 Å². The van der Waals surface area contributed by atoms with Crippen molar-refractivity contribution in [2.45, 2.75) is 40.2 Å². The van der Waals surface area contributed by atoms with Gasteiger partial charge in [-0.1, -0.05) is 13.0 Å². The van der Waals surface area contributed by atoms with E-state index in [2.05, 4.69) is 45.1 Å². The first-order valence-corrected chi connectivity index (χ1v) is 6.07. The molecular weight excluding hydrogens is 198 g/mol. The molecule has 0 saturated heterocycles. The van der Waals surface area contributed by atoms with Crippen molar-refractivity contribution < 1.29 is 4.74 Å². The van der Waals surface area contributed by atoms with Crippen LogP contribution in [0.1, 0.15) is 31.4 Å². The maximum Gasteiger partial charge on any atom is 0.119 e. The van der Waals surface area contributed by atoms with Gasteiger partial charge in [0.1, 0.15) is 12.4 Å². The SMILES string of the molecule is CC[C@@H](C)NCCOc1ccc(C)c(C)c1. The first-order chi connectivity index (χ1) is 7.63. The van der Waals surface area contributed by atoms with Crippen LogP contribution in [-0.2, 0) is 0 Å². The predicted molar refractivity (Wildman–Crippen MR) is 69.2 cm³/mol. The average Bonchev–Trinajstić information content (AvgIpc) is 2.28. The van der Waals surface area contributed by atoms with Crippen LogP contribution < -0.4 is 10.1 Å². The molecule has 1 atom stereocenters. The first kappa shape index (κ1) is 13.0. The van der Waals surface area contributed by atoms with Gasteiger partial charge in [-0.3, -0.25) is 0 Å². The fourth-order valence-electron chi connectivity index (χ4n) is 1.42. The van der Waals surface area contributed by atoms with Crippen LogP contribution in [0.3, 0.4) is 0 Å². The van der Waals surface area contributed by atoms with Gasteiger partial charge in [0, 0.05) is 12.6 Å². The highest BCUT2D eigenvalue weighted by molar-refractivity contribution is 5.33. The Kier molecular flexibility index (Phi) is 5.33. The quantitative estimate of drug-likeness (QED) is 0.745. The molecule has 90 valence electrons. The fourth-order valence-corrected chi connectivity index (χ4v) is 1.42. The van der Waals surface area contributed by atoms with Gasteiger partial charge in [0.05, 0.1) is 0 Å². The number of hydrogen-bond donors (Lipinski definition) is 1. The summed E-state index contributed by atoms with van der Waals surface area (Å²) in [6.07, 6.45) is 1.16. The molecule has 0 spiro atoms. The minimum absolute atomic E-state index is 0.573. The van der Waals surface area contributed by atoms with E-state index in [0.29, 0.717) is 6.04 Å². The number of ether oxygens (including phenoxy) is 1. The third-order valence-corrected chi connectivity index (χ3v) is 2.95. The van der Waals surface area contributed by atoms with Crippen LogP contribution in [0.15, 0.2) is 18.2 Å². The van der Waals surface area contributed by atoms with Crippen molar-refractivity contribution in [2.75, 3.05) is 13.2 Å². The molecule has 1 N–H and O–H groups in total. The third-order valence-electron chi connectivity index (χ3n) is 2.95. The van der Waals surface area contributed by atoms with Gasteiger partial charge in [-0.05, 0) is 50.5 Å². The van der Waals surface area contributed by atoms with E-state index in [1.165, 1.54) is 11.1 Å². The zero-order valence-electron chi connectivity index (χ0n) is 10.8. The van der Waals surface area contributed by atoms with E-state index in [0.717, 1.165) is 25.3 Å². The molecule has 0 saturated carbocycles. The number of benzene rings is 1. The minimum Gasteiger partial charge on any atom is -0.492 e. The molecule has 0 aromatic heterocycles. The molecule has 0 aliphatic rings. The standard InChI is InChI=1S/C14H23NO/c1-5-13(4)15-8-9-16-14-7-6-11(2)12(3)10-14/h6-7,10,13,15H,5,8-9H2,1-4H3/t13-/m1/s1. The Bertz CT molecular complexity index is 323. The molecule has 0 aliphatic heterocycles. The lowest BCUT2D eigenvalue weighted by Gasteiger charge is -2.12. The Balaban J connectivity index is 2.29. The van der Waals surface area contributed by atoms with E-state index in [1.54, 1.807) is 0 Å². The zero-order chi connectivity index (χ0) is 12.0. The maximum absolute atomic E-state index is 5.67. The summed E-state index contributed by atoms with van der Waals surface area (Å²) in [7, 11) is 0. The maximum atomic E-state index is 5.67. The highest BCUT2D eigenvalue weighted by Crippen LogP contribution is 2.15. The van der Waals surface area contributed by atoms with Gasteiger partial charge in [0.2, 0.25) is 0 Å². The van der Waals surface area contributed by atoms with Crippen molar-refractivity contribution in [1.29, 1.82) is 0 Å². The summed E-state index contributed by atoms with van der Waals surface area (Å²) in [5, 5.41) is 3.40. The summed E-state index contributed by atoms with van der Waals surface area (Å²) in [6, 6.07) is 6.81. The Morgan fingerprint density at radius 2 is 2.00 bits per heavy atom. The predicted octanol–water partition coefficient (Wildman–Crippen LogP) is 3.07. The van der Waals surface area contributed by atoms with E-state index in [1.807, 2.05) is 6.07 Å². The molecule has 16 heavy (non-hydrogen) atoms. The molecule has 1 aromatic carbocycles. The van der Waals surface area contributed by atoms with Gasteiger partial charge in [0.25, 0.3) is 0 Å². The molecule has 0 bridgehead atoms. The molecule has 0 unspecified atom stereocenters. The van der Waals surface area contributed by atoms with Crippen molar-refractivity contribution >= 4 is 0 Å². The minimum atomic E-state index is 0.573. The van der Waals surface area contributed by atoms with Crippen LogP contribution in [-0.4, -0.2) is 19.2 Å². The third kappa shape index (κ3) is 4.23. The summed E-state index contributed by atoms with van der Waals surface area (Å²) in [5.74, 6) is 0.967. The molecule has 0 heterocycles. The zero-order valence-corrected chi connectivity index (χ0v) is 10.8. The number of aryl methyl sites for hydroxylation is 2. The molecule has 2 heteroatoms. The largest absolute Gasteiger partial charge is 0.492 e. The van der Waals surface area contributed by atoms with Gasteiger partial charge in [-0.25, -0.2) is 0 Å². The lowest BCUT2D eigenvalue weighted by molar-refractivity contribution is 0.306. The van der Waals surface area contributed by atoms with E-state index in [4.69, 9.17) is 4.74 Å². The van der Waals surface area contributed by atoms with E-state index >= 15 is 0 Å². The van der Waals surface area contributed by atoms with Gasteiger partial charge < -0.3 is 10.1 Å². The monoisotopic (exact) mass is 221 g/mol. The lowest BCUT2D eigenvalue weighted by atomic mass is 10.1. The molecule has 1 aromatic rings. The van der Waals surface area contributed by atoms with Crippen molar-refractivity contribution in [2.24, 2.45) is 0 Å². The summed E-state index contributed by atoms with van der Waals surface area (Å²) < 4.78 is 5.67. The second kappa shape index (κ2) is 6.54. The molecule has 0 fully saturated rings. The molecule has 0 aliphatic carbocycles. The molecular formula is C14H23NO. The van der Waals surface area contributed by atoms with Crippen LogP contribution >= 0.6 is 0 Å². The van der Waals surface area contributed by atoms with Gasteiger partial charge >= 0.3 is 0 Å². The Morgan fingerprint density at radius 1 is 1.25 bits per heavy atom. The second-order valence-electron chi connectivity index (χ2n) is 4.36. The Morgan fingerprint density at radius 3 is 2.62 bits per heavy atom. The topological polar surface area (TPSA) is 21.3 Å². The van der Waals surface area contributed by atoms with Crippen LogP contribution in [0.25, 0.3) is 0 Å². The van der Waals surface area contributed by atoms with Crippen molar-refractivity contribution in [1.82, 2.24) is 5.32 Å². The summed E-state index contributed by atoms with van der Waals surface area (Å²) in [6.45, 7) is 10.2. The summed E-state index contributed by atoms with van der Waals surface area (Å²) >= 11 is 0. The summed E-state index contributed by atoms with van der Waals surface area (Å²) in [4.78, 5) is 0.